The summed E-state index contributed by atoms with van der Waals surface area (Å²) in [5.41, 5.74) is 0.108. The van der Waals surface area contributed by atoms with Crippen LogP contribution in [0.1, 0.15) is 32.8 Å². The minimum absolute atomic E-state index is 0.0974. The molecule has 8 nitrogen and oxygen atoms in total. The predicted molar refractivity (Wildman–Crippen MR) is 140 cm³/mol. The van der Waals surface area contributed by atoms with Crippen LogP contribution in [0.5, 0.6) is 11.5 Å². The molecule has 0 aromatic heterocycles. The summed E-state index contributed by atoms with van der Waals surface area (Å²) in [4.78, 5) is 48.2. The van der Waals surface area contributed by atoms with E-state index < -0.39 is 23.3 Å². The van der Waals surface area contributed by atoms with Crippen molar-refractivity contribution in [2.75, 3.05) is 20.3 Å². The van der Waals surface area contributed by atoms with Crippen molar-refractivity contribution in [3.63, 3.8) is 0 Å². The Morgan fingerprint density at radius 1 is 0.946 bits per heavy atom. The Bertz CT molecular complexity index is 1150. The highest BCUT2D eigenvalue weighted by molar-refractivity contribution is 8.14. The van der Waals surface area contributed by atoms with Gasteiger partial charge in [-0.3, -0.25) is 14.4 Å². The van der Waals surface area contributed by atoms with E-state index in [1.807, 2.05) is 0 Å². The Labute approximate surface area is 220 Å². The number of hydrogen-bond donors (Lipinski definition) is 0. The molecule has 0 saturated heterocycles. The number of ether oxygens (including phenoxy) is 4. The number of methoxy groups -OCH3 is 1. The zero-order valence-corrected chi connectivity index (χ0v) is 22.1. The van der Waals surface area contributed by atoms with E-state index in [2.05, 4.69) is 11.3 Å². The van der Waals surface area contributed by atoms with Crippen LogP contribution in [-0.4, -0.2) is 43.3 Å². The first-order valence-corrected chi connectivity index (χ1v) is 12.2. The number of thioether (sulfide) groups is 1. The van der Waals surface area contributed by atoms with Crippen LogP contribution in [0.2, 0.25) is 0 Å². The van der Waals surface area contributed by atoms with Gasteiger partial charge in [-0.15, -0.1) is 0 Å². The summed E-state index contributed by atoms with van der Waals surface area (Å²) in [6, 6.07) is 13.6. The van der Waals surface area contributed by atoms with Gasteiger partial charge in [-0.25, -0.2) is 4.79 Å². The summed E-state index contributed by atoms with van der Waals surface area (Å²) in [5.74, 6) is -0.587. The van der Waals surface area contributed by atoms with E-state index in [-0.39, 0.29) is 24.7 Å². The molecule has 0 aliphatic rings. The maximum absolute atomic E-state index is 12.4. The molecule has 0 spiro atoms. The summed E-state index contributed by atoms with van der Waals surface area (Å²) in [5, 5.41) is -0.177. The Hall–Kier alpha value is -3.85. The Balaban J connectivity index is 1.81. The van der Waals surface area contributed by atoms with Crippen molar-refractivity contribution in [1.82, 2.24) is 0 Å². The standard InChI is InChI=1S/C28H30O8S/c1-19(2)26(31)35-17-16-34-21-9-6-20(7-10-21)8-15-25(30)37-23-13-11-22(12-14-23)36-27(32)28(3,4)18-24(29)33-5/h6-15H,1,16-18H2,2-5H3/b15-8+. The number of benzene rings is 2. The van der Waals surface area contributed by atoms with E-state index in [0.717, 1.165) is 17.3 Å². The van der Waals surface area contributed by atoms with Gasteiger partial charge in [0.2, 0.25) is 5.12 Å². The first kappa shape index (κ1) is 29.4. The highest BCUT2D eigenvalue weighted by atomic mass is 32.2. The zero-order chi connectivity index (χ0) is 27.4. The van der Waals surface area contributed by atoms with Gasteiger partial charge in [-0.1, -0.05) is 24.8 Å². The number of carbonyl (C=O) groups is 4. The topological polar surface area (TPSA) is 105 Å². The van der Waals surface area contributed by atoms with E-state index in [9.17, 15) is 19.2 Å². The molecule has 0 bridgehead atoms. The molecule has 0 fully saturated rings. The number of carbonyl (C=O) groups excluding carboxylic acids is 4. The van der Waals surface area contributed by atoms with E-state index in [4.69, 9.17) is 14.2 Å². The second-order valence-electron chi connectivity index (χ2n) is 8.59. The molecule has 2 aromatic rings. The van der Waals surface area contributed by atoms with Crippen molar-refractivity contribution < 1.29 is 38.1 Å². The highest BCUT2D eigenvalue weighted by Gasteiger charge is 2.33. The third-order valence-corrected chi connectivity index (χ3v) is 5.69. The molecule has 0 atom stereocenters. The molecule has 2 aromatic carbocycles. The average Bonchev–Trinajstić information content (AvgIpc) is 2.86. The maximum atomic E-state index is 12.4. The quantitative estimate of drug-likeness (QED) is 0.124. The van der Waals surface area contributed by atoms with E-state index in [1.54, 1.807) is 75.4 Å². The second kappa shape index (κ2) is 14.0. The van der Waals surface area contributed by atoms with Crippen LogP contribution >= 0.6 is 11.8 Å². The SMILES string of the molecule is C=C(C)C(=O)OCCOc1ccc(/C=C/C(=O)Sc2ccc(OC(=O)C(C)(C)CC(=O)OC)cc2)cc1. The summed E-state index contributed by atoms with van der Waals surface area (Å²) in [6.07, 6.45) is 3.05. The fraction of sp³-hybridized carbons (Fsp3) is 0.286. The zero-order valence-electron chi connectivity index (χ0n) is 21.3. The Kier molecular flexibility index (Phi) is 11.1. The lowest BCUT2D eigenvalue weighted by molar-refractivity contribution is -0.153. The van der Waals surface area contributed by atoms with Crippen molar-refractivity contribution >= 4 is 40.9 Å². The van der Waals surface area contributed by atoms with Gasteiger partial charge in [0.05, 0.1) is 18.9 Å². The van der Waals surface area contributed by atoms with Gasteiger partial charge in [0.15, 0.2) is 0 Å². The summed E-state index contributed by atoms with van der Waals surface area (Å²) in [6.45, 7) is 8.63. The fourth-order valence-corrected chi connectivity index (χ4v) is 3.37. The van der Waals surface area contributed by atoms with Crippen LogP contribution in [0.25, 0.3) is 6.08 Å². The smallest absolute Gasteiger partial charge is 0.333 e. The van der Waals surface area contributed by atoms with Gasteiger partial charge in [-0.2, -0.15) is 0 Å². The van der Waals surface area contributed by atoms with Crippen LogP contribution in [0.15, 0.2) is 71.7 Å². The highest BCUT2D eigenvalue weighted by Crippen LogP contribution is 2.27. The van der Waals surface area contributed by atoms with Gasteiger partial charge in [0.25, 0.3) is 0 Å². The van der Waals surface area contributed by atoms with Crippen LogP contribution in [-0.2, 0) is 28.7 Å². The minimum atomic E-state index is -1.04. The molecule has 0 N–H and O–H groups in total. The molecule has 0 aliphatic carbocycles. The van der Waals surface area contributed by atoms with E-state index in [1.165, 1.54) is 13.2 Å². The molecule has 37 heavy (non-hydrogen) atoms. The third-order valence-electron chi connectivity index (χ3n) is 4.84. The first-order valence-electron chi connectivity index (χ1n) is 11.3. The van der Waals surface area contributed by atoms with Crippen molar-refractivity contribution in [3.05, 3.63) is 72.3 Å². The summed E-state index contributed by atoms with van der Waals surface area (Å²) in [7, 11) is 1.26. The number of hydrogen-bond acceptors (Lipinski definition) is 9. The molecule has 0 saturated carbocycles. The van der Waals surface area contributed by atoms with Crippen molar-refractivity contribution in [2.45, 2.75) is 32.1 Å². The number of esters is 3. The van der Waals surface area contributed by atoms with E-state index in [0.29, 0.717) is 22.0 Å². The molecule has 2 rings (SSSR count). The fourth-order valence-electron chi connectivity index (χ4n) is 2.73. The molecule has 0 radical (unpaired) electrons. The van der Waals surface area contributed by atoms with Crippen LogP contribution in [0, 0.1) is 5.41 Å². The summed E-state index contributed by atoms with van der Waals surface area (Å²) >= 11 is 1.03. The largest absolute Gasteiger partial charge is 0.490 e. The van der Waals surface area contributed by atoms with Crippen LogP contribution in [0.3, 0.4) is 0 Å². The van der Waals surface area contributed by atoms with Crippen molar-refractivity contribution in [3.8, 4) is 11.5 Å². The third kappa shape index (κ3) is 10.3. The number of rotatable bonds is 12. The molecule has 9 heteroatoms. The van der Waals surface area contributed by atoms with Crippen LogP contribution in [0.4, 0.5) is 0 Å². The van der Waals surface area contributed by atoms with Gasteiger partial charge in [0, 0.05) is 10.5 Å². The van der Waals surface area contributed by atoms with E-state index >= 15 is 0 Å². The van der Waals surface area contributed by atoms with Crippen molar-refractivity contribution in [2.24, 2.45) is 5.41 Å². The molecule has 0 amide bonds. The molecular weight excluding hydrogens is 496 g/mol. The van der Waals surface area contributed by atoms with Crippen molar-refractivity contribution in [1.29, 1.82) is 0 Å². The molecule has 196 valence electrons. The van der Waals surface area contributed by atoms with Gasteiger partial charge in [0.1, 0.15) is 24.7 Å². The van der Waals surface area contributed by atoms with Gasteiger partial charge in [-0.05, 0) is 80.6 Å². The minimum Gasteiger partial charge on any atom is -0.490 e. The van der Waals surface area contributed by atoms with Gasteiger partial charge >= 0.3 is 17.9 Å². The van der Waals surface area contributed by atoms with Gasteiger partial charge < -0.3 is 18.9 Å². The lowest BCUT2D eigenvalue weighted by atomic mass is 9.89. The van der Waals surface area contributed by atoms with Crippen LogP contribution < -0.4 is 9.47 Å². The summed E-state index contributed by atoms with van der Waals surface area (Å²) < 4.78 is 20.5. The normalized spacial score (nSPS) is 11.0. The first-order chi connectivity index (χ1) is 17.5. The second-order valence-corrected chi connectivity index (χ2v) is 9.66. The molecule has 0 aliphatic heterocycles. The lowest BCUT2D eigenvalue weighted by Crippen LogP contribution is -2.31. The predicted octanol–water partition coefficient (Wildman–Crippen LogP) is 5.01. The molecule has 0 heterocycles. The average molecular weight is 527 g/mol. The lowest BCUT2D eigenvalue weighted by Gasteiger charge is -2.20. The Morgan fingerprint density at radius 2 is 1.57 bits per heavy atom. The maximum Gasteiger partial charge on any atom is 0.333 e. The Morgan fingerprint density at radius 3 is 2.16 bits per heavy atom. The monoisotopic (exact) mass is 526 g/mol. The molecule has 0 unspecified atom stereocenters. The molecular formula is C28H30O8S.